The number of urea groups is 1. The van der Waals surface area contributed by atoms with Crippen molar-refractivity contribution in [1.82, 2.24) is 4.90 Å². The van der Waals surface area contributed by atoms with Crippen molar-refractivity contribution in [3.05, 3.63) is 29.0 Å². The van der Waals surface area contributed by atoms with Gasteiger partial charge in [0.15, 0.2) is 0 Å². The number of hydrogen-bond donors (Lipinski definition) is 2. The lowest BCUT2D eigenvalue weighted by atomic mass is 10.0. The minimum absolute atomic E-state index is 0.0295. The fourth-order valence-electron chi connectivity index (χ4n) is 2.38. The molecule has 1 atom stereocenters. The van der Waals surface area contributed by atoms with Crippen LogP contribution in [0.2, 0.25) is 5.02 Å². The maximum Gasteiger partial charge on any atom is 0.321 e. The number of nitrogens with one attached hydrogen (secondary N) is 1. The first kappa shape index (κ1) is 15.6. The van der Waals surface area contributed by atoms with E-state index in [-0.39, 0.29) is 23.0 Å². The molecule has 1 aliphatic heterocycles. The van der Waals surface area contributed by atoms with E-state index in [4.69, 9.17) is 16.7 Å². The predicted molar refractivity (Wildman–Crippen MR) is 77.0 cm³/mol. The molecule has 0 bridgehead atoms. The Labute approximate surface area is 126 Å². The number of rotatable bonds is 4. The number of halogens is 2. The van der Waals surface area contributed by atoms with Crippen LogP contribution in [-0.2, 0) is 4.79 Å². The van der Waals surface area contributed by atoms with Gasteiger partial charge in [0.2, 0.25) is 0 Å². The van der Waals surface area contributed by atoms with E-state index >= 15 is 0 Å². The van der Waals surface area contributed by atoms with Gasteiger partial charge in [0.1, 0.15) is 5.82 Å². The van der Waals surface area contributed by atoms with Crippen LogP contribution in [-0.4, -0.2) is 35.1 Å². The number of para-hydroxylation sites is 1. The Morgan fingerprint density at radius 1 is 1.48 bits per heavy atom. The Hall–Kier alpha value is -1.82. The van der Waals surface area contributed by atoms with E-state index in [0.717, 1.165) is 6.42 Å². The molecule has 1 aromatic carbocycles. The van der Waals surface area contributed by atoms with Gasteiger partial charge in [-0.3, -0.25) is 4.79 Å². The highest BCUT2D eigenvalue weighted by molar-refractivity contribution is 6.33. The van der Waals surface area contributed by atoms with Gasteiger partial charge in [-0.05, 0) is 30.9 Å². The minimum Gasteiger partial charge on any atom is -0.481 e. The Kier molecular flexibility index (Phi) is 5.01. The molecule has 1 saturated heterocycles. The second-order valence-electron chi connectivity index (χ2n) is 5.06. The van der Waals surface area contributed by atoms with E-state index in [1.54, 1.807) is 4.90 Å². The van der Waals surface area contributed by atoms with Gasteiger partial charge in [0.25, 0.3) is 0 Å². The zero-order valence-electron chi connectivity index (χ0n) is 11.3. The van der Waals surface area contributed by atoms with Crippen molar-refractivity contribution < 1.29 is 19.1 Å². The number of amides is 2. The molecular weight excluding hydrogens is 299 g/mol. The molecule has 0 saturated carbocycles. The van der Waals surface area contributed by atoms with Crippen molar-refractivity contribution in [1.29, 1.82) is 0 Å². The summed E-state index contributed by atoms with van der Waals surface area (Å²) in [6, 6.07) is 3.77. The van der Waals surface area contributed by atoms with E-state index in [0.29, 0.717) is 19.5 Å². The number of hydrogen-bond acceptors (Lipinski definition) is 2. The van der Waals surface area contributed by atoms with E-state index in [2.05, 4.69) is 5.32 Å². The topological polar surface area (TPSA) is 69.6 Å². The summed E-state index contributed by atoms with van der Waals surface area (Å²) >= 11 is 5.86. The monoisotopic (exact) mass is 314 g/mol. The lowest BCUT2D eigenvalue weighted by Gasteiger charge is -2.18. The van der Waals surface area contributed by atoms with Gasteiger partial charge < -0.3 is 15.3 Å². The molecular formula is C14H16ClFN2O3. The number of carboxylic acids is 1. The molecule has 2 N–H and O–H groups in total. The first-order valence-corrected chi connectivity index (χ1v) is 7.07. The lowest BCUT2D eigenvalue weighted by Crippen LogP contribution is -2.33. The molecule has 1 aliphatic rings. The Morgan fingerprint density at radius 3 is 2.90 bits per heavy atom. The summed E-state index contributed by atoms with van der Waals surface area (Å²) in [6.45, 7) is 1.01. The molecule has 1 fully saturated rings. The van der Waals surface area contributed by atoms with Gasteiger partial charge in [-0.2, -0.15) is 0 Å². The Balaban J connectivity index is 1.91. The zero-order valence-corrected chi connectivity index (χ0v) is 12.1. The van der Waals surface area contributed by atoms with E-state index in [1.807, 2.05) is 0 Å². The molecule has 1 unspecified atom stereocenters. The number of anilines is 1. The number of carbonyl (C=O) groups is 2. The van der Waals surface area contributed by atoms with Gasteiger partial charge in [-0.15, -0.1) is 0 Å². The smallest absolute Gasteiger partial charge is 0.321 e. The van der Waals surface area contributed by atoms with Crippen LogP contribution in [0.3, 0.4) is 0 Å². The molecule has 1 aromatic rings. The van der Waals surface area contributed by atoms with Crippen LogP contribution < -0.4 is 5.32 Å². The second-order valence-corrected chi connectivity index (χ2v) is 5.47. The van der Waals surface area contributed by atoms with E-state index in [1.165, 1.54) is 18.2 Å². The van der Waals surface area contributed by atoms with Crippen LogP contribution in [0.1, 0.15) is 19.3 Å². The van der Waals surface area contributed by atoms with Gasteiger partial charge in [0.05, 0.1) is 10.7 Å². The normalized spacial score (nSPS) is 17.8. The van der Waals surface area contributed by atoms with Crippen LogP contribution in [0.25, 0.3) is 0 Å². The van der Waals surface area contributed by atoms with Gasteiger partial charge in [-0.1, -0.05) is 17.7 Å². The average molecular weight is 315 g/mol. The summed E-state index contributed by atoms with van der Waals surface area (Å²) in [7, 11) is 0. The number of aliphatic carboxylic acids is 1. The summed E-state index contributed by atoms with van der Waals surface area (Å²) in [5, 5.41) is 11.3. The molecule has 0 spiro atoms. The number of likely N-dealkylation sites (tertiary alicyclic amines) is 1. The summed E-state index contributed by atoms with van der Waals surface area (Å²) in [6.07, 6.45) is 1.39. The van der Waals surface area contributed by atoms with Crippen molar-refractivity contribution in [2.24, 2.45) is 5.92 Å². The quantitative estimate of drug-likeness (QED) is 0.896. The average Bonchev–Trinajstić information content (AvgIpc) is 2.89. The highest BCUT2D eigenvalue weighted by Gasteiger charge is 2.27. The van der Waals surface area contributed by atoms with Crippen molar-refractivity contribution in [2.75, 3.05) is 18.4 Å². The molecule has 5 nitrogen and oxygen atoms in total. The van der Waals surface area contributed by atoms with Gasteiger partial charge in [-0.25, -0.2) is 9.18 Å². The Morgan fingerprint density at radius 2 is 2.24 bits per heavy atom. The van der Waals surface area contributed by atoms with Crippen LogP contribution >= 0.6 is 11.6 Å². The largest absolute Gasteiger partial charge is 0.481 e. The maximum atomic E-state index is 13.6. The van der Waals surface area contributed by atoms with Crippen molar-refractivity contribution >= 4 is 29.3 Å². The number of carbonyl (C=O) groups excluding carboxylic acids is 1. The minimum atomic E-state index is -0.837. The standard InChI is InChI=1S/C14H16ClFN2O3/c15-10-2-1-3-11(16)13(10)17-14(21)18-7-6-9(8-18)4-5-12(19)20/h1-3,9H,4-8H2,(H,17,21)(H,19,20). The third-order valence-electron chi connectivity index (χ3n) is 3.53. The molecule has 0 aliphatic carbocycles. The molecule has 21 heavy (non-hydrogen) atoms. The molecule has 0 radical (unpaired) electrons. The van der Waals surface area contributed by atoms with E-state index < -0.39 is 17.8 Å². The van der Waals surface area contributed by atoms with Crippen LogP contribution in [0, 0.1) is 11.7 Å². The first-order chi connectivity index (χ1) is 9.97. The van der Waals surface area contributed by atoms with Gasteiger partial charge >= 0.3 is 12.0 Å². The molecule has 7 heteroatoms. The highest BCUT2D eigenvalue weighted by atomic mass is 35.5. The van der Waals surface area contributed by atoms with Crippen molar-refractivity contribution in [3.8, 4) is 0 Å². The molecule has 0 aromatic heterocycles. The summed E-state index contributed by atoms with van der Waals surface area (Å²) in [5.41, 5.74) is -0.0295. The summed E-state index contributed by atoms with van der Waals surface area (Å²) in [5.74, 6) is -1.25. The van der Waals surface area contributed by atoms with Gasteiger partial charge in [0, 0.05) is 19.5 Å². The van der Waals surface area contributed by atoms with Crippen LogP contribution in [0.5, 0.6) is 0 Å². The van der Waals surface area contributed by atoms with Crippen LogP contribution in [0.15, 0.2) is 18.2 Å². The predicted octanol–water partition coefficient (Wildman–Crippen LogP) is 3.20. The molecule has 1 heterocycles. The van der Waals surface area contributed by atoms with Crippen LogP contribution in [0.4, 0.5) is 14.9 Å². The molecule has 2 rings (SSSR count). The van der Waals surface area contributed by atoms with Crippen molar-refractivity contribution in [2.45, 2.75) is 19.3 Å². The summed E-state index contributed by atoms with van der Waals surface area (Å²) in [4.78, 5) is 24.2. The summed E-state index contributed by atoms with van der Waals surface area (Å²) < 4.78 is 13.6. The number of benzene rings is 1. The molecule has 2 amide bonds. The van der Waals surface area contributed by atoms with E-state index in [9.17, 15) is 14.0 Å². The third-order valence-corrected chi connectivity index (χ3v) is 3.85. The SMILES string of the molecule is O=C(O)CCC1CCN(C(=O)Nc2c(F)cccc2Cl)C1. The second kappa shape index (κ2) is 6.76. The lowest BCUT2D eigenvalue weighted by molar-refractivity contribution is -0.137. The zero-order chi connectivity index (χ0) is 15.4. The Bertz CT molecular complexity index is 533. The first-order valence-electron chi connectivity index (χ1n) is 6.69. The third kappa shape index (κ3) is 4.07. The van der Waals surface area contributed by atoms with Crippen molar-refractivity contribution in [3.63, 3.8) is 0 Å². The number of nitrogens with zero attached hydrogens (tertiary/aromatic N) is 1. The fourth-order valence-corrected chi connectivity index (χ4v) is 2.59. The highest BCUT2D eigenvalue weighted by Crippen LogP contribution is 2.26. The maximum absolute atomic E-state index is 13.6. The number of carboxylic acid groups (broad SMARTS) is 1. The molecule has 114 valence electrons. The fraction of sp³-hybridized carbons (Fsp3) is 0.429.